The Balaban J connectivity index is 2.36. The highest BCUT2D eigenvalue weighted by Crippen LogP contribution is 2.15. The van der Waals surface area contributed by atoms with Gasteiger partial charge in [0.05, 0.1) is 12.2 Å². The molecule has 96 valence electrons. The highest BCUT2D eigenvalue weighted by atomic mass is 16.4. The van der Waals surface area contributed by atoms with Crippen LogP contribution in [-0.4, -0.2) is 22.0 Å². The van der Waals surface area contributed by atoms with Crippen LogP contribution in [0.25, 0.3) is 0 Å². The average Bonchev–Trinajstić information content (AvgIpc) is 2.46. The lowest BCUT2D eigenvalue weighted by molar-refractivity contribution is 0.0696. The topological polar surface area (TPSA) is 74.6 Å². The smallest absolute Gasteiger partial charge is 0.335 e. The van der Waals surface area contributed by atoms with Crippen molar-refractivity contribution in [1.29, 1.82) is 0 Å². The number of hydrogen-bond donors (Lipinski definition) is 2. The highest BCUT2D eigenvalue weighted by molar-refractivity contribution is 6.10. The first-order valence-corrected chi connectivity index (χ1v) is 5.70. The number of benzene rings is 2. The monoisotopic (exact) mass is 256 g/mol. The van der Waals surface area contributed by atoms with E-state index in [-0.39, 0.29) is 18.0 Å². The molecule has 0 amide bonds. The standard InChI is InChI=1S/C15H12O4/c16-9-12-3-1-2-4-13(12)14(17)10-5-7-11(8-6-10)15(18)19/h1-8,16H,9H2,(H,18,19). The summed E-state index contributed by atoms with van der Waals surface area (Å²) in [7, 11) is 0. The van der Waals surface area contributed by atoms with Crippen LogP contribution in [0, 0.1) is 0 Å². The second-order valence-electron chi connectivity index (χ2n) is 4.03. The number of aliphatic hydroxyl groups is 1. The summed E-state index contributed by atoms with van der Waals surface area (Å²) in [6.07, 6.45) is 0. The maximum Gasteiger partial charge on any atom is 0.335 e. The third-order valence-corrected chi connectivity index (χ3v) is 2.83. The van der Waals surface area contributed by atoms with Crippen LogP contribution < -0.4 is 0 Å². The largest absolute Gasteiger partial charge is 0.478 e. The van der Waals surface area contributed by atoms with Gasteiger partial charge < -0.3 is 10.2 Å². The van der Waals surface area contributed by atoms with E-state index in [0.29, 0.717) is 16.7 Å². The zero-order chi connectivity index (χ0) is 13.8. The third kappa shape index (κ3) is 2.69. The molecule has 2 N–H and O–H groups in total. The minimum absolute atomic E-state index is 0.131. The maximum absolute atomic E-state index is 12.2. The zero-order valence-corrected chi connectivity index (χ0v) is 10.0. The quantitative estimate of drug-likeness (QED) is 0.821. The van der Waals surface area contributed by atoms with Crippen molar-refractivity contribution in [2.45, 2.75) is 6.61 Å². The van der Waals surface area contributed by atoms with Gasteiger partial charge in [-0.25, -0.2) is 4.79 Å². The fourth-order valence-corrected chi connectivity index (χ4v) is 1.80. The Morgan fingerprint density at radius 1 is 0.895 bits per heavy atom. The van der Waals surface area contributed by atoms with Gasteiger partial charge in [-0.05, 0) is 17.7 Å². The van der Waals surface area contributed by atoms with Gasteiger partial charge in [0.25, 0.3) is 0 Å². The number of aromatic carboxylic acids is 1. The van der Waals surface area contributed by atoms with E-state index in [0.717, 1.165) is 0 Å². The van der Waals surface area contributed by atoms with Crippen LogP contribution in [-0.2, 0) is 6.61 Å². The number of carboxylic acid groups (broad SMARTS) is 1. The SMILES string of the molecule is O=C(O)c1ccc(C(=O)c2ccccc2CO)cc1. The Morgan fingerprint density at radius 2 is 1.47 bits per heavy atom. The molecule has 2 aromatic carbocycles. The van der Waals surface area contributed by atoms with E-state index >= 15 is 0 Å². The Hall–Kier alpha value is -2.46. The van der Waals surface area contributed by atoms with E-state index in [2.05, 4.69) is 0 Å². The van der Waals surface area contributed by atoms with Gasteiger partial charge in [-0.1, -0.05) is 36.4 Å². The van der Waals surface area contributed by atoms with Crippen molar-refractivity contribution in [3.63, 3.8) is 0 Å². The third-order valence-electron chi connectivity index (χ3n) is 2.83. The predicted octanol–water partition coefficient (Wildman–Crippen LogP) is 2.11. The lowest BCUT2D eigenvalue weighted by Crippen LogP contribution is -2.06. The van der Waals surface area contributed by atoms with E-state index in [1.54, 1.807) is 24.3 Å². The lowest BCUT2D eigenvalue weighted by Gasteiger charge is -2.06. The molecule has 0 atom stereocenters. The van der Waals surface area contributed by atoms with Crippen molar-refractivity contribution in [2.75, 3.05) is 0 Å². The van der Waals surface area contributed by atoms with Crippen molar-refractivity contribution < 1.29 is 19.8 Å². The summed E-state index contributed by atoms with van der Waals surface area (Å²) < 4.78 is 0. The Morgan fingerprint density at radius 3 is 2.05 bits per heavy atom. The summed E-state index contributed by atoms with van der Waals surface area (Å²) in [5.74, 6) is -1.27. The van der Waals surface area contributed by atoms with Gasteiger partial charge in [-0.3, -0.25) is 4.79 Å². The summed E-state index contributed by atoms with van der Waals surface area (Å²) in [4.78, 5) is 23.0. The van der Waals surface area contributed by atoms with Gasteiger partial charge in [0.1, 0.15) is 0 Å². The van der Waals surface area contributed by atoms with Crippen molar-refractivity contribution in [3.8, 4) is 0 Å². The molecule has 0 bridgehead atoms. The number of rotatable bonds is 4. The number of hydrogen-bond acceptors (Lipinski definition) is 3. The molecule has 0 radical (unpaired) electrons. The molecule has 0 unspecified atom stereocenters. The van der Waals surface area contributed by atoms with Crippen molar-refractivity contribution >= 4 is 11.8 Å². The lowest BCUT2D eigenvalue weighted by atomic mass is 9.98. The van der Waals surface area contributed by atoms with Gasteiger partial charge in [0, 0.05) is 11.1 Å². The maximum atomic E-state index is 12.2. The molecule has 2 aromatic rings. The van der Waals surface area contributed by atoms with Gasteiger partial charge in [-0.2, -0.15) is 0 Å². The molecule has 19 heavy (non-hydrogen) atoms. The molecule has 0 aromatic heterocycles. The first-order chi connectivity index (χ1) is 9.13. The molecule has 0 fully saturated rings. The molecule has 2 rings (SSSR count). The van der Waals surface area contributed by atoms with Crippen LogP contribution in [0.2, 0.25) is 0 Å². The van der Waals surface area contributed by atoms with E-state index in [1.807, 2.05) is 0 Å². The molecule has 0 saturated carbocycles. The van der Waals surface area contributed by atoms with Crippen LogP contribution in [0.5, 0.6) is 0 Å². The molecule has 0 saturated heterocycles. The van der Waals surface area contributed by atoms with E-state index in [9.17, 15) is 14.7 Å². The van der Waals surface area contributed by atoms with Crippen LogP contribution in [0.3, 0.4) is 0 Å². The van der Waals surface area contributed by atoms with E-state index < -0.39 is 5.97 Å². The van der Waals surface area contributed by atoms with E-state index in [1.165, 1.54) is 24.3 Å². The molecule has 0 aliphatic heterocycles. The Labute approximate surface area is 109 Å². The minimum Gasteiger partial charge on any atom is -0.478 e. The predicted molar refractivity (Wildman–Crippen MR) is 69.2 cm³/mol. The summed E-state index contributed by atoms with van der Waals surface area (Å²) in [6, 6.07) is 12.5. The van der Waals surface area contributed by atoms with E-state index in [4.69, 9.17) is 5.11 Å². The van der Waals surface area contributed by atoms with Crippen LogP contribution in [0.15, 0.2) is 48.5 Å². The Kier molecular flexibility index (Phi) is 3.73. The molecule has 0 heterocycles. The first-order valence-electron chi connectivity index (χ1n) is 5.70. The van der Waals surface area contributed by atoms with Crippen molar-refractivity contribution in [2.24, 2.45) is 0 Å². The van der Waals surface area contributed by atoms with Crippen molar-refractivity contribution in [3.05, 3.63) is 70.8 Å². The van der Waals surface area contributed by atoms with Crippen molar-refractivity contribution in [1.82, 2.24) is 0 Å². The highest BCUT2D eigenvalue weighted by Gasteiger charge is 2.13. The number of ketones is 1. The summed E-state index contributed by atoms with van der Waals surface area (Å²) in [5, 5.41) is 18.0. The normalized spacial score (nSPS) is 10.2. The number of carbonyl (C=O) groups excluding carboxylic acids is 1. The number of carboxylic acids is 1. The Bertz CT molecular complexity index is 614. The van der Waals surface area contributed by atoms with Crippen LogP contribution in [0.1, 0.15) is 31.8 Å². The fourth-order valence-electron chi connectivity index (χ4n) is 1.80. The van der Waals surface area contributed by atoms with Gasteiger partial charge in [0.15, 0.2) is 5.78 Å². The molecule has 4 nitrogen and oxygen atoms in total. The number of aliphatic hydroxyl groups excluding tert-OH is 1. The summed E-state index contributed by atoms with van der Waals surface area (Å²) in [6.45, 7) is -0.213. The second kappa shape index (κ2) is 5.46. The molecule has 0 aliphatic carbocycles. The van der Waals surface area contributed by atoms with Gasteiger partial charge in [-0.15, -0.1) is 0 Å². The molecule has 4 heteroatoms. The first kappa shape index (κ1) is 13.0. The van der Waals surface area contributed by atoms with Gasteiger partial charge in [0.2, 0.25) is 0 Å². The van der Waals surface area contributed by atoms with Crippen LogP contribution >= 0.6 is 0 Å². The molecule has 0 spiro atoms. The molecular weight excluding hydrogens is 244 g/mol. The fraction of sp³-hybridized carbons (Fsp3) is 0.0667. The average molecular weight is 256 g/mol. The minimum atomic E-state index is -1.03. The van der Waals surface area contributed by atoms with Crippen LogP contribution in [0.4, 0.5) is 0 Å². The summed E-state index contributed by atoms with van der Waals surface area (Å²) >= 11 is 0. The zero-order valence-electron chi connectivity index (χ0n) is 10.0. The molecular formula is C15H12O4. The molecule has 0 aliphatic rings. The van der Waals surface area contributed by atoms with Gasteiger partial charge >= 0.3 is 5.97 Å². The summed E-state index contributed by atoms with van der Waals surface area (Å²) in [5.41, 5.74) is 1.50. The number of carbonyl (C=O) groups is 2. The second-order valence-corrected chi connectivity index (χ2v) is 4.03.